The summed E-state index contributed by atoms with van der Waals surface area (Å²) in [6.07, 6.45) is 9.81. The van der Waals surface area contributed by atoms with Crippen LogP contribution in [0, 0.1) is 16.7 Å². The molecule has 38 heavy (non-hydrogen) atoms. The number of halogens is 1. The molecule has 1 saturated carbocycles. The molecule has 9 nitrogen and oxygen atoms in total. The highest BCUT2D eigenvalue weighted by Gasteiger charge is 2.32. The molecule has 6 N–H and O–H groups in total. The van der Waals surface area contributed by atoms with Crippen LogP contribution in [-0.2, 0) is 9.47 Å². The summed E-state index contributed by atoms with van der Waals surface area (Å²) in [6, 6.07) is 10.9. The van der Waals surface area contributed by atoms with E-state index >= 15 is 0 Å². The van der Waals surface area contributed by atoms with Gasteiger partial charge in [-0.3, -0.25) is 0 Å². The fourth-order valence-electron chi connectivity index (χ4n) is 4.75. The van der Waals surface area contributed by atoms with Gasteiger partial charge in [0.1, 0.15) is 11.6 Å². The minimum Gasteiger partial charge on any atom is -0.384 e. The summed E-state index contributed by atoms with van der Waals surface area (Å²) in [4.78, 5) is 8.53. The maximum absolute atomic E-state index is 9.51. The topological polar surface area (TPSA) is 144 Å². The first-order valence-electron chi connectivity index (χ1n) is 13.6. The van der Waals surface area contributed by atoms with Crippen LogP contribution in [0.2, 0.25) is 5.02 Å². The lowest BCUT2D eigenvalue weighted by atomic mass is 9.82. The van der Waals surface area contributed by atoms with Crippen LogP contribution < -0.4 is 22.1 Å². The van der Waals surface area contributed by atoms with Crippen molar-refractivity contribution in [2.24, 2.45) is 11.1 Å². The molecule has 2 aromatic heterocycles. The summed E-state index contributed by atoms with van der Waals surface area (Å²) in [5, 5.41) is 16.9. The maximum atomic E-state index is 9.51. The SMILES string of the molecule is CC(COCCN)NC1CCCCC1.N#CC1(CNc2cccc(-c3cc(N)ncc3Cl)n2)CCOCC1. The van der Waals surface area contributed by atoms with E-state index in [9.17, 15) is 5.26 Å². The van der Waals surface area contributed by atoms with Crippen molar-refractivity contribution >= 4 is 23.2 Å². The van der Waals surface area contributed by atoms with E-state index in [2.05, 4.69) is 33.6 Å². The van der Waals surface area contributed by atoms with Crippen molar-refractivity contribution in [2.75, 3.05) is 50.6 Å². The number of aromatic nitrogens is 2. The number of hydrogen-bond donors (Lipinski definition) is 4. The minimum atomic E-state index is -0.408. The third-order valence-electron chi connectivity index (χ3n) is 6.95. The van der Waals surface area contributed by atoms with Gasteiger partial charge in [0.15, 0.2) is 0 Å². The highest BCUT2D eigenvalue weighted by Crippen LogP contribution is 2.31. The normalized spacial score (nSPS) is 18.1. The van der Waals surface area contributed by atoms with Crippen LogP contribution in [0.4, 0.5) is 11.6 Å². The van der Waals surface area contributed by atoms with E-state index < -0.39 is 5.41 Å². The molecule has 10 heteroatoms. The standard InChI is InChI=1S/C17H18ClN5O.C11H24N2O/c18-13-9-21-15(20)8-12(13)14-2-1-3-16(23-14)22-11-17(10-19)4-6-24-7-5-17;1-10(9-14-8-7-12)13-11-5-3-2-4-6-11/h1-3,8-9H,4-7,11H2,(H2,20,21)(H,22,23);10-11,13H,2-9,12H2,1H3. The van der Waals surface area contributed by atoms with Gasteiger partial charge in [-0.15, -0.1) is 0 Å². The lowest BCUT2D eigenvalue weighted by Crippen LogP contribution is -2.40. The van der Waals surface area contributed by atoms with Crippen molar-refractivity contribution in [3.05, 3.63) is 35.5 Å². The van der Waals surface area contributed by atoms with Crippen molar-refractivity contribution in [3.63, 3.8) is 0 Å². The number of nitrogens with one attached hydrogen (secondary N) is 2. The van der Waals surface area contributed by atoms with Gasteiger partial charge in [-0.25, -0.2) is 9.97 Å². The first-order valence-corrected chi connectivity index (χ1v) is 14.0. The maximum Gasteiger partial charge on any atom is 0.126 e. The molecule has 2 fully saturated rings. The minimum absolute atomic E-state index is 0.389. The number of anilines is 2. The average Bonchev–Trinajstić information content (AvgIpc) is 2.95. The predicted octanol–water partition coefficient (Wildman–Crippen LogP) is 4.38. The number of hydrogen-bond acceptors (Lipinski definition) is 9. The molecular weight excluding hydrogens is 502 g/mol. The van der Waals surface area contributed by atoms with Gasteiger partial charge in [0.2, 0.25) is 0 Å². The first-order chi connectivity index (χ1) is 18.4. The highest BCUT2D eigenvalue weighted by molar-refractivity contribution is 6.33. The smallest absolute Gasteiger partial charge is 0.126 e. The van der Waals surface area contributed by atoms with Gasteiger partial charge in [-0.2, -0.15) is 5.26 Å². The van der Waals surface area contributed by atoms with Gasteiger partial charge in [0.25, 0.3) is 0 Å². The van der Waals surface area contributed by atoms with Crippen molar-refractivity contribution in [1.82, 2.24) is 15.3 Å². The zero-order valence-electron chi connectivity index (χ0n) is 22.4. The van der Waals surface area contributed by atoms with E-state index in [-0.39, 0.29) is 0 Å². The van der Waals surface area contributed by atoms with E-state index in [4.69, 9.17) is 32.5 Å². The Morgan fingerprint density at radius 1 is 1.26 bits per heavy atom. The fourth-order valence-corrected chi connectivity index (χ4v) is 4.95. The number of nitrogens with two attached hydrogens (primary N) is 2. The van der Waals surface area contributed by atoms with Crippen molar-refractivity contribution in [2.45, 2.75) is 64.0 Å². The Hall–Kier alpha value is -2.48. The number of nitrogens with zero attached hydrogens (tertiary/aromatic N) is 3. The molecule has 0 spiro atoms. The molecule has 0 bridgehead atoms. The number of pyridine rings is 2. The monoisotopic (exact) mass is 543 g/mol. The molecule has 1 unspecified atom stereocenters. The molecule has 0 aromatic carbocycles. The van der Waals surface area contributed by atoms with Crippen LogP contribution in [0.3, 0.4) is 0 Å². The Morgan fingerprint density at radius 3 is 2.74 bits per heavy atom. The molecule has 1 aliphatic heterocycles. The van der Waals surface area contributed by atoms with Crippen LogP contribution in [0.15, 0.2) is 30.5 Å². The van der Waals surface area contributed by atoms with Gasteiger partial charge in [-0.1, -0.05) is 36.9 Å². The van der Waals surface area contributed by atoms with Crippen molar-refractivity contribution in [3.8, 4) is 17.3 Å². The van der Waals surface area contributed by atoms with E-state index in [1.54, 1.807) is 6.07 Å². The molecule has 1 atom stereocenters. The van der Waals surface area contributed by atoms with Crippen LogP contribution >= 0.6 is 11.6 Å². The van der Waals surface area contributed by atoms with Gasteiger partial charge < -0.3 is 31.6 Å². The lowest BCUT2D eigenvalue weighted by molar-refractivity contribution is 0.0455. The summed E-state index contributed by atoms with van der Waals surface area (Å²) < 4.78 is 10.8. The molecular formula is C28H42ClN7O2. The summed E-state index contributed by atoms with van der Waals surface area (Å²) in [5.74, 6) is 1.08. The molecule has 0 amide bonds. The third kappa shape index (κ3) is 9.68. The molecule has 2 aliphatic rings. The van der Waals surface area contributed by atoms with Gasteiger partial charge in [0.05, 0.1) is 35.4 Å². The fraction of sp³-hybridized carbons (Fsp3) is 0.607. The van der Waals surface area contributed by atoms with Crippen LogP contribution in [0.5, 0.6) is 0 Å². The van der Waals surface area contributed by atoms with E-state index in [0.717, 1.165) is 31.1 Å². The number of ether oxygens (including phenoxy) is 2. The van der Waals surface area contributed by atoms with Crippen molar-refractivity contribution < 1.29 is 9.47 Å². The number of nitriles is 1. The average molecular weight is 544 g/mol. The zero-order valence-corrected chi connectivity index (χ0v) is 23.2. The third-order valence-corrected chi connectivity index (χ3v) is 7.25. The Balaban J connectivity index is 0.000000244. The van der Waals surface area contributed by atoms with Crippen LogP contribution in [0.1, 0.15) is 51.9 Å². The summed E-state index contributed by atoms with van der Waals surface area (Å²) in [7, 11) is 0. The Bertz CT molecular complexity index is 1020. The van der Waals surface area contributed by atoms with Crippen LogP contribution in [0.25, 0.3) is 11.3 Å². The summed E-state index contributed by atoms with van der Waals surface area (Å²) in [6.45, 7) is 6.05. The predicted molar refractivity (Wildman–Crippen MR) is 153 cm³/mol. The molecule has 0 radical (unpaired) electrons. The summed E-state index contributed by atoms with van der Waals surface area (Å²) >= 11 is 6.19. The van der Waals surface area contributed by atoms with Crippen LogP contribution in [-0.4, -0.2) is 61.6 Å². The molecule has 4 rings (SSSR count). The Kier molecular flexibility index (Phi) is 12.5. The number of nitrogen functional groups attached to an aromatic ring is 1. The quantitative estimate of drug-likeness (QED) is 0.321. The van der Waals surface area contributed by atoms with Crippen molar-refractivity contribution in [1.29, 1.82) is 5.26 Å². The molecule has 2 aromatic rings. The number of rotatable bonds is 10. The largest absolute Gasteiger partial charge is 0.384 e. The lowest BCUT2D eigenvalue weighted by Gasteiger charge is -2.30. The van der Waals surface area contributed by atoms with Gasteiger partial charge >= 0.3 is 0 Å². The van der Waals surface area contributed by atoms with Gasteiger partial charge in [0, 0.05) is 50.1 Å². The second-order valence-corrected chi connectivity index (χ2v) is 10.5. The van der Waals surface area contributed by atoms with E-state index in [1.807, 2.05) is 18.2 Å². The first kappa shape index (κ1) is 30.1. The summed E-state index contributed by atoms with van der Waals surface area (Å²) in [5.41, 5.74) is 12.1. The molecule has 3 heterocycles. The second-order valence-electron chi connectivity index (χ2n) is 10.1. The Morgan fingerprint density at radius 2 is 2.03 bits per heavy atom. The molecule has 1 aliphatic carbocycles. The second kappa shape index (κ2) is 15.8. The van der Waals surface area contributed by atoms with E-state index in [0.29, 0.717) is 61.3 Å². The highest BCUT2D eigenvalue weighted by atomic mass is 35.5. The Labute approximate surface area is 231 Å². The molecule has 1 saturated heterocycles. The van der Waals surface area contributed by atoms with E-state index in [1.165, 1.54) is 38.3 Å². The molecule has 208 valence electrons. The zero-order chi connectivity index (χ0) is 27.2. The van der Waals surface area contributed by atoms with Gasteiger partial charge in [-0.05, 0) is 50.8 Å².